The normalized spacial score (nSPS) is 17.7. The van der Waals surface area contributed by atoms with E-state index in [-0.39, 0.29) is 12.7 Å². The van der Waals surface area contributed by atoms with Crippen molar-refractivity contribution in [2.24, 2.45) is 0 Å². The molecule has 0 amide bonds. The third-order valence-corrected chi connectivity index (χ3v) is 5.17. The van der Waals surface area contributed by atoms with E-state index in [0.29, 0.717) is 26.3 Å². The zero-order valence-electron chi connectivity index (χ0n) is 18.2. The zero-order valence-corrected chi connectivity index (χ0v) is 18.2. The monoisotopic (exact) mass is 427 g/mol. The number of alkyl halides is 2. The summed E-state index contributed by atoms with van der Waals surface area (Å²) < 4.78 is 44.1. The Morgan fingerprint density at radius 2 is 1.83 bits per heavy atom. The number of ether oxygens (including phenoxy) is 3. The van der Waals surface area contributed by atoms with Crippen LogP contribution in [0.3, 0.4) is 0 Å². The van der Waals surface area contributed by atoms with Gasteiger partial charge in [0.05, 0.1) is 32.5 Å². The van der Waals surface area contributed by atoms with Gasteiger partial charge >= 0.3 is 11.9 Å². The highest BCUT2D eigenvalue weighted by Crippen LogP contribution is 2.27. The number of unbranched alkanes of at least 4 members (excludes halogenated alkanes) is 5. The summed E-state index contributed by atoms with van der Waals surface area (Å²) in [7, 11) is 0. The number of hydrogen-bond acceptors (Lipinski definition) is 5. The Bertz CT molecular complexity index is 624. The zero-order chi connectivity index (χ0) is 21.8. The molecule has 170 valence electrons. The summed E-state index contributed by atoms with van der Waals surface area (Å²) in [4.78, 5) is 13.0. The summed E-state index contributed by atoms with van der Waals surface area (Å²) >= 11 is 0. The minimum Gasteiger partial charge on any atom is -0.494 e. The van der Waals surface area contributed by atoms with Crippen LogP contribution in [0.4, 0.5) is 8.78 Å². The van der Waals surface area contributed by atoms with Gasteiger partial charge in [0.1, 0.15) is 5.75 Å². The van der Waals surface area contributed by atoms with Gasteiger partial charge in [-0.05, 0) is 31.0 Å². The smallest absolute Gasteiger partial charge is 0.378 e. The number of esters is 1. The highest BCUT2D eigenvalue weighted by molar-refractivity contribution is 5.77. The fourth-order valence-corrected chi connectivity index (χ4v) is 3.48. The van der Waals surface area contributed by atoms with Gasteiger partial charge in [0.15, 0.2) is 0 Å². The van der Waals surface area contributed by atoms with E-state index in [1.807, 2.05) is 24.3 Å². The number of carbonyl (C=O) groups is 1. The molecule has 0 spiro atoms. The molecule has 1 saturated heterocycles. The largest absolute Gasteiger partial charge is 0.494 e. The van der Waals surface area contributed by atoms with Crippen molar-refractivity contribution in [3.63, 3.8) is 0 Å². The maximum atomic E-state index is 14.0. The van der Waals surface area contributed by atoms with Crippen LogP contribution in [0.2, 0.25) is 0 Å². The van der Waals surface area contributed by atoms with Gasteiger partial charge in [0.25, 0.3) is 0 Å². The topological polar surface area (TPSA) is 48.0 Å². The van der Waals surface area contributed by atoms with Crippen LogP contribution < -0.4 is 4.74 Å². The number of halogens is 2. The molecule has 1 aliphatic rings. The molecule has 1 aliphatic heterocycles. The van der Waals surface area contributed by atoms with Crippen molar-refractivity contribution < 1.29 is 27.8 Å². The van der Waals surface area contributed by atoms with Gasteiger partial charge in [-0.25, -0.2) is 4.79 Å². The van der Waals surface area contributed by atoms with Crippen molar-refractivity contribution in [1.29, 1.82) is 0 Å². The van der Waals surface area contributed by atoms with Crippen molar-refractivity contribution in [2.45, 2.75) is 64.4 Å². The molecule has 5 nitrogen and oxygen atoms in total. The predicted molar refractivity (Wildman–Crippen MR) is 112 cm³/mol. The summed E-state index contributed by atoms with van der Waals surface area (Å²) in [6, 6.07) is 7.60. The molecule has 7 heteroatoms. The fraction of sp³-hybridized carbons (Fsp3) is 0.696. The first-order valence-electron chi connectivity index (χ1n) is 11.1. The number of carbonyl (C=O) groups excluding carboxylic acids is 1. The number of morpholine rings is 1. The second kappa shape index (κ2) is 12.8. The minimum absolute atomic E-state index is 0.0621. The first kappa shape index (κ1) is 24.5. The quantitative estimate of drug-likeness (QED) is 0.328. The lowest BCUT2D eigenvalue weighted by atomic mass is 10.1. The van der Waals surface area contributed by atoms with Crippen LogP contribution >= 0.6 is 0 Å². The molecule has 0 radical (unpaired) electrons. The molecule has 0 aliphatic carbocycles. The van der Waals surface area contributed by atoms with Crippen molar-refractivity contribution >= 4 is 5.97 Å². The summed E-state index contributed by atoms with van der Waals surface area (Å²) in [6.07, 6.45) is 6.99. The molecule has 1 atom stereocenters. The van der Waals surface area contributed by atoms with E-state index < -0.39 is 18.4 Å². The molecule has 1 fully saturated rings. The Hall–Kier alpha value is -1.73. The van der Waals surface area contributed by atoms with E-state index >= 15 is 0 Å². The van der Waals surface area contributed by atoms with Crippen molar-refractivity contribution in [3.05, 3.63) is 29.8 Å². The van der Waals surface area contributed by atoms with Gasteiger partial charge in [-0.3, -0.25) is 4.90 Å². The highest BCUT2D eigenvalue weighted by Gasteiger charge is 2.43. The van der Waals surface area contributed by atoms with E-state index in [1.165, 1.54) is 39.0 Å². The van der Waals surface area contributed by atoms with Crippen molar-refractivity contribution in [1.82, 2.24) is 4.90 Å². The van der Waals surface area contributed by atoms with Gasteiger partial charge < -0.3 is 14.2 Å². The van der Waals surface area contributed by atoms with Crippen LogP contribution in [0, 0.1) is 0 Å². The third-order valence-electron chi connectivity index (χ3n) is 5.17. The summed E-state index contributed by atoms with van der Waals surface area (Å²) in [5.41, 5.74) is 0.908. The van der Waals surface area contributed by atoms with Gasteiger partial charge in [0.2, 0.25) is 0 Å². The van der Waals surface area contributed by atoms with E-state index in [2.05, 4.69) is 11.7 Å². The van der Waals surface area contributed by atoms with E-state index in [9.17, 15) is 13.6 Å². The maximum absolute atomic E-state index is 14.0. The third kappa shape index (κ3) is 8.19. The lowest BCUT2D eigenvalue weighted by Gasteiger charge is -2.34. The fourth-order valence-electron chi connectivity index (χ4n) is 3.48. The molecule has 1 aromatic carbocycles. The molecular weight excluding hydrogens is 392 g/mol. The highest BCUT2D eigenvalue weighted by atomic mass is 19.3. The number of benzene rings is 1. The predicted octanol–water partition coefficient (Wildman–Crippen LogP) is 5.00. The van der Waals surface area contributed by atoms with Gasteiger partial charge in [-0.2, -0.15) is 8.78 Å². The first-order valence-corrected chi connectivity index (χ1v) is 11.1. The number of hydrogen-bond donors (Lipinski definition) is 0. The standard InChI is InChI=1S/C23H35F2NO4/c1-3-5-6-7-8-9-15-29-20-12-10-19(11-13-20)21-17-26(14-16-30-21)18-23(24,25)22(27)28-4-2/h10-13,21H,3-9,14-18H2,1-2H3. The Balaban J connectivity index is 1.78. The number of rotatable bonds is 13. The van der Waals surface area contributed by atoms with Gasteiger partial charge in [0, 0.05) is 13.1 Å². The van der Waals surface area contributed by atoms with E-state index in [1.54, 1.807) is 4.90 Å². The first-order chi connectivity index (χ1) is 14.5. The van der Waals surface area contributed by atoms with Crippen LogP contribution in [-0.4, -0.2) is 56.2 Å². The summed E-state index contributed by atoms with van der Waals surface area (Å²) in [6.45, 7) is 4.68. The average molecular weight is 428 g/mol. The number of nitrogens with zero attached hydrogens (tertiary/aromatic N) is 1. The van der Waals surface area contributed by atoms with Crippen LogP contribution in [0.25, 0.3) is 0 Å². The lowest BCUT2D eigenvalue weighted by Crippen LogP contribution is -2.48. The van der Waals surface area contributed by atoms with E-state index in [0.717, 1.165) is 17.7 Å². The van der Waals surface area contributed by atoms with Crippen molar-refractivity contribution in [2.75, 3.05) is 39.5 Å². The maximum Gasteiger partial charge on any atom is 0.378 e. The SMILES string of the molecule is CCCCCCCCOc1ccc(C2CN(CC(F)(F)C(=O)OCC)CCO2)cc1. The molecule has 0 saturated carbocycles. The second-order valence-electron chi connectivity index (χ2n) is 7.70. The Morgan fingerprint density at radius 1 is 1.13 bits per heavy atom. The van der Waals surface area contributed by atoms with Gasteiger partial charge in [-0.15, -0.1) is 0 Å². The van der Waals surface area contributed by atoms with Crippen LogP contribution in [0.15, 0.2) is 24.3 Å². The molecular formula is C23H35F2NO4. The van der Waals surface area contributed by atoms with Crippen molar-refractivity contribution in [3.8, 4) is 5.75 Å². The lowest BCUT2D eigenvalue weighted by molar-refractivity contribution is -0.176. The average Bonchev–Trinajstić information content (AvgIpc) is 2.73. The molecule has 30 heavy (non-hydrogen) atoms. The van der Waals surface area contributed by atoms with Crippen LogP contribution in [-0.2, 0) is 14.3 Å². The summed E-state index contributed by atoms with van der Waals surface area (Å²) in [5.74, 6) is -4.19. The molecule has 0 bridgehead atoms. The van der Waals surface area contributed by atoms with Gasteiger partial charge in [-0.1, -0.05) is 51.2 Å². The molecule has 1 aromatic rings. The Kier molecular flexibility index (Phi) is 10.5. The minimum atomic E-state index is -3.52. The Labute approximate surface area is 178 Å². The summed E-state index contributed by atoms with van der Waals surface area (Å²) in [5, 5.41) is 0. The Morgan fingerprint density at radius 3 is 2.53 bits per heavy atom. The molecule has 2 rings (SSSR count). The van der Waals surface area contributed by atoms with Crippen LogP contribution in [0.5, 0.6) is 5.75 Å². The molecule has 0 aromatic heterocycles. The second-order valence-corrected chi connectivity index (χ2v) is 7.70. The molecule has 0 N–H and O–H groups in total. The van der Waals surface area contributed by atoms with Crippen LogP contribution in [0.1, 0.15) is 64.0 Å². The molecule has 1 heterocycles. The van der Waals surface area contributed by atoms with E-state index in [4.69, 9.17) is 9.47 Å². The molecule has 1 unspecified atom stereocenters.